The molecule has 0 aliphatic carbocycles. The van der Waals surface area contributed by atoms with Crippen LogP contribution in [0.1, 0.15) is 18.4 Å². The molecule has 26 heavy (non-hydrogen) atoms. The average molecular weight is 400 g/mol. The molecule has 1 unspecified atom stereocenters. The summed E-state index contributed by atoms with van der Waals surface area (Å²) in [5, 5.41) is 4.27. The Labute approximate surface area is 165 Å². The first kappa shape index (κ1) is 19.9. The maximum absolute atomic E-state index is 12.5. The average Bonchev–Trinajstić information content (AvgIpc) is 2.66. The van der Waals surface area contributed by atoms with E-state index < -0.39 is 0 Å². The summed E-state index contributed by atoms with van der Waals surface area (Å²) in [6.45, 7) is 7.71. The van der Waals surface area contributed by atoms with E-state index in [1.54, 1.807) is 0 Å². The number of halogens is 2. The lowest BCUT2D eigenvalue weighted by Gasteiger charge is -2.32. The number of hydrogen-bond acceptors (Lipinski definition) is 4. The number of benzene rings is 1. The van der Waals surface area contributed by atoms with E-state index in [2.05, 4.69) is 15.1 Å². The Hall–Kier alpha value is -0.850. The quantitative estimate of drug-likeness (QED) is 0.798. The van der Waals surface area contributed by atoms with Crippen molar-refractivity contribution in [3.8, 4) is 0 Å². The zero-order chi connectivity index (χ0) is 18.4. The number of nitrogens with one attached hydrogen (secondary N) is 1. The predicted molar refractivity (Wildman–Crippen MR) is 105 cm³/mol. The number of carbonyl (C=O) groups is 1. The minimum atomic E-state index is 0.0659. The lowest BCUT2D eigenvalue weighted by molar-refractivity contribution is -0.126. The van der Waals surface area contributed by atoms with E-state index in [9.17, 15) is 4.79 Å². The van der Waals surface area contributed by atoms with E-state index in [0.29, 0.717) is 16.6 Å². The summed E-state index contributed by atoms with van der Waals surface area (Å²) in [7, 11) is 0. The van der Waals surface area contributed by atoms with Crippen LogP contribution in [0.25, 0.3) is 0 Å². The standard InChI is InChI=1S/C19H27Cl2N3O2/c20-17-4-3-15(12-18(17)21)13-24-6-1-2-16(14-24)19(25)22-5-7-23-8-10-26-11-9-23/h3-4,12,16H,1-2,5-11,13-14H2,(H,22,25). The third kappa shape index (κ3) is 5.83. The fraction of sp³-hybridized carbons (Fsp3) is 0.632. The minimum Gasteiger partial charge on any atom is -0.379 e. The number of hydrogen-bond donors (Lipinski definition) is 1. The molecule has 5 nitrogen and oxygen atoms in total. The summed E-state index contributed by atoms with van der Waals surface area (Å²) in [6, 6.07) is 5.75. The summed E-state index contributed by atoms with van der Waals surface area (Å²) in [6.07, 6.45) is 2.00. The molecule has 2 heterocycles. The Morgan fingerprint density at radius 3 is 2.73 bits per heavy atom. The largest absolute Gasteiger partial charge is 0.379 e. The summed E-state index contributed by atoms with van der Waals surface area (Å²) < 4.78 is 5.35. The minimum absolute atomic E-state index is 0.0659. The normalized spacial score (nSPS) is 22.3. The topological polar surface area (TPSA) is 44.8 Å². The third-order valence-corrected chi connectivity index (χ3v) is 5.84. The first-order valence-corrected chi connectivity index (χ1v) is 10.1. The van der Waals surface area contributed by atoms with E-state index in [0.717, 1.165) is 70.9 Å². The first-order chi connectivity index (χ1) is 12.6. The van der Waals surface area contributed by atoms with Gasteiger partial charge in [-0.05, 0) is 37.1 Å². The van der Waals surface area contributed by atoms with Crippen molar-refractivity contribution in [1.82, 2.24) is 15.1 Å². The molecule has 1 aromatic rings. The van der Waals surface area contributed by atoms with Gasteiger partial charge in [-0.3, -0.25) is 14.6 Å². The van der Waals surface area contributed by atoms with Gasteiger partial charge in [0.1, 0.15) is 0 Å². The predicted octanol–water partition coefficient (Wildman–Crippen LogP) is 2.65. The van der Waals surface area contributed by atoms with Crippen molar-refractivity contribution >= 4 is 29.1 Å². The smallest absolute Gasteiger partial charge is 0.224 e. The third-order valence-electron chi connectivity index (χ3n) is 5.10. The number of piperidine rings is 1. The molecule has 2 fully saturated rings. The van der Waals surface area contributed by atoms with Crippen molar-refractivity contribution in [2.45, 2.75) is 19.4 Å². The SMILES string of the molecule is O=C(NCCN1CCOCC1)C1CCCN(Cc2ccc(Cl)c(Cl)c2)C1. The molecule has 0 radical (unpaired) electrons. The molecule has 1 atom stereocenters. The highest BCUT2D eigenvalue weighted by molar-refractivity contribution is 6.42. The number of amides is 1. The molecule has 1 amide bonds. The summed E-state index contributed by atoms with van der Waals surface area (Å²) in [5.41, 5.74) is 1.13. The molecule has 2 aliphatic heterocycles. The van der Waals surface area contributed by atoms with Crippen molar-refractivity contribution in [3.63, 3.8) is 0 Å². The van der Waals surface area contributed by atoms with E-state index >= 15 is 0 Å². The Bertz CT molecular complexity index is 608. The van der Waals surface area contributed by atoms with Crippen LogP contribution in [0.2, 0.25) is 10.0 Å². The van der Waals surface area contributed by atoms with Crippen LogP contribution >= 0.6 is 23.2 Å². The molecule has 0 spiro atoms. The van der Waals surface area contributed by atoms with Gasteiger partial charge in [0.25, 0.3) is 0 Å². The fourth-order valence-corrected chi connectivity index (χ4v) is 3.94. The van der Waals surface area contributed by atoms with Crippen molar-refractivity contribution in [1.29, 1.82) is 0 Å². The number of carbonyl (C=O) groups excluding carboxylic acids is 1. The van der Waals surface area contributed by atoms with Crippen LogP contribution in [-0.2, 0) is 16.1 Å². The van der Waals surface area contributed by atoms with Crippen LogP contribution in [0, 0.1) is 5.92 Å². The molecule has 0 bridgehead atoms. The summed E-state index contributed by atoms with van der Waals surface area (Å²) in [5.74, 6) is 0.244. The Balaban J connectivity index is 1.43. The van der Waals surface area contributed by atoms with Crippen LogP contribution in [-0.4, -0.2) is 68.2 Å². The zero-order valence-corrected chi connectivity index (χ0v) is 16.6. The monoisotopic (exact) mass is 399 g/mol. The second-order valence-corrected chi connectivity index (χ2v) is 7.88. The van der Waals surface area contributed by atoms with Crippen LogP contribution < -0.4 is 5.32 Å². The molecule has 1 N–H and O–H groups in total. The molecule has 7 heteroatoms. The van der Waals surface area contributed by atoms with E-state index in [1.807, 2.05) is 18.2 Å². The van der Waals surface area contributed by atoms with Crippen LogP contribution in [0.3, 0.4) is 0 Å². The van der Waals surface area contributed by atoms with Crippen LogP contribution in [0.5, 0.6) is 0 Å². The number of morpholine rings is 1. The van der Waals surface area contributed by atoms with Crippen molar-refractivity contribution in [2.24, 2.45) is 5.92 Å². The number of rotatable bonds is 6. The zero-order valence-electron chi connectivity index (χ0n) is 15.1. The van der Waals surface area contributed by atoms with Crippen molar-refractivity contribution < 1.29 is 9.53 Å². The molecule has 0 aromatic heterocycles. The van der Waals surface area contributed by atoms with Gasteiger partial charge in [-0.25, -0.2) is 0 Å². The van der Waals surface area contributed by atoms with Gasteiger partial charge < -0.3 is 10.1 Å². The summed E-state index contributed by atoms with van der Waals surface area (Å²) >= 11 is 12.1. The fourth-order valence-electron chi connectivity index (χ4n) is 3.62. The molecule has 3 rings (SSSR count). The van der Waals surface area contributed by atoms with E-state index in [-0.39, 0.29) is 11.8 Å². The van der Waals surface area contributed by atoms with Crippen LogP contribution in [0.15, 0.2) is 18.2 Å². The lowest BCUT2D eigenvalue weighted by atomic mass is 9.96. The Morgan fingerprint density at radius 2 is 1.96 bits per heavy atom. The molecule has 2 saturated heterocycles. The van der Waals surface area contributed by atoms with E-state index in [1.165, 1.54) is 0 Å². The van der Waals surface area contributed by atoms with Gasteiger partial charge >= 0.3 is 0 Å². The number of likely N-dealkylation sites (tertiary alicyclic amines) is 1. The maximum Gasteiger partial charge on any atom is 0.224 e. The second kappa shape index (κ2) is 9.90. The highest BCUT2D eigenvalue weighted by atomic mass is 35.5. The molecular formula is C19H27Cl2N3O2. The molecule has 2 aliphatic rings. The molecule has 144 valence electrons. The van der Waals surface area contributed by atoms with Crippen molar-refractivity contribution in [2.75, 3.05) is 52.5 Å². The first-order valence-electron chi connectivity index (χ1n) is 9.36. The Morgan fingerprint density at radius 1 is 1.15 bits per heavy atom. The summed E-state index contributed by atoms with van der Waals surface area (Å²) in [4.78, 5) is 17.2. The molecular weight excluding hydrogens is 373 g/mol. The van der Waals surface area contributed by atoms with Gasteiger partial charge in [-0.15, -0.1) is 0 Å². The highest BCUT2D eigenvalue weighted by Crippen LogP contribution is 2.24. The van der Waals surface area contributed by atoms with Gasteiger partial charge in [0.05, 0.1) is 29.2 Å². The van der Waals surface area contributed by atoms with E-state index in [4.69, 9.17) is 27.9 Å². The van der Waals surface area contributed by atoms with Gasteiger partial charge in [0, 0.05) is 39.3 Å². The van der Waals surface area contributed by atoms with Gasteiger partial charge in [-0.2, -0.15) is 0 Å². The van der Waals surface area contributed by atoms with Gasteiger partial charge in [0.15, 0.2) is 0 Å². The Kier molecular flexibility index (Phi) is 7.58. The van der Waals surface area contributed by atoms with Crippen molar-refractivity contribution in [3.05, 3.63) is 33.8 Å². The lowest BCUT2D eigenvalue weighted by Crippen LogP contribution is -2.45. The number of ether oxygens (including phenoxy) is 1. The van der Waals surface area contributed by atoms with Gasteiger partial charge in [-0.1, -0.05) is 29.3 Å². The maximum atomic E-state index is 12.5. The van der Waals surface area contributed by atoms with Crippen LogP contribution in [0.4, 0.5) is 0 Å². The van der Waals surface area contributed by atoms with Gasteiger partial charge in [0.2, 0.25) is 5.91 Å². The molecule has 0 saturated carbocycles. The number of nitrogens with zero attached hydrogens (tertiary/aromatic N) is 2. The molecule has 1 aromatic carbocycles. The second-order valence-electron chi connectivity index (χ2n) is 7.07. The highest BCUT2D eigenvalue weighted by Gasteiger charge is 2.25.